The third-order valence-electron chi connectivity index (χ3n) is 8.34. The van der Waals surface area contributed by atoms with Crippen LogP contribution in [0.3, 0.4) is 0 Å². The number of hydrogen-bond acceptors (Lipinski definition) is 12. The molecule has 4 amide bonds. The van der Waals surface area contributed by atoms with Gasteiger partial charge in [-0.2, -0.15) is 25.3 Å². The van der Waals surface area contributed by atoms with Crippen LogP contribution in [-0.4, -0.2) is 88.2 Å². The van der Waals surface area contributed by atoms with Gasteiger partial charge in [0.2, 0.25) is 23.6 Å². The molecule has 0 unspecified atom stereocenters. The summed E-state index contributed by atoms with van der Waals surface area (Å²) < 4.78 is 12.0. The highest BCUT2D eigenvalue weighted by molar-refractivity contribution is 7.79. The molecular formula is C36H66N8O6S2. The van der Waals surface area contributed by atoms with Gasteiger partial charge in [0.05, 0.1) is 25.2 Å². The van der Waals surface area contributed by atoms with E-state index in [0.717, 1.165) is 68.9 Å². The van der Waals surface area contributed by atoms with Crippen molar-refractivity contribution in [3.05, 3.63) is 23.3 Å². The third-order valence-corrected chi connectivity index (χ3v) is 9.02. The van der Waals surface area contributed by atoms with E-state index in [1.807, 2.05) is 12.1 Å². The van der Waals surface area contributed by atoms with Gasteiger partial charge in [0.25, 0.3) is 0 Å². The predicted molar refractivity (Wildman–Crippen MR) is 214 cm³/mol. The molecule has 2 atom stereocenters. The maximum Gasteiger partial charge on any atom is 0.237 e. The molecule has 1 rings (SSSR count). The number of ether oxygens (including phenoxy) is 2. The zero-order valence-electron chi connectivity index (χ0n) is 30.9. The first-order chi connectivity index (χ1) is 25.2. The molecular weight excluding hydrogens is 705 g/mol. The Morgan fingerprint density at radius 1 is 0.558 bits per heavy atom. The average Bonchev–Trinajstić information content (AvgIpc) is 3.14. The zero-order valence-corrected chi connectivity index (χ0v) is 32.7. The molecule has 0 bridgehead atoms. The van der Waals surface area contributed by atoms with Crippen molar-refractivity contribution >= 4 is 48.9 Å². The third kappa shape index (κ3) is 22.3. The number of hydrogen-bond donors (Lipinski definition) is 10. The molecule has 0 spiro atoms. The lowest BCUT2D eigenvalue weighted by atomic mass is 10.1. The summed E-state index contributed by atoms with van der Waals surface area (Å²) in [6.45, 7) is 3.33. The van der Waals surface area contributed by atoms with Crippen molar-refractivity contribution in [1.29, 1.82) is 0 Å². The second-order valence-corrected chi connectivity index (χ2v) is 13.4. The lowest BCUT2D eigenvalue weighted by Crippen LogP contribution is -2.42. The Kier molecular flexibility index (Phi) is 27.9. The molecule has 14 nitrogen and oxygen atoms in total. The summed E-state index contributed by atoms with van der Waals surface area (Å²) in [7, 11) is 0. The Morgan fingerprint density at radius 2 is 0.962 bits per heavy atom. The molecule has 1 aromatic carbocycles. The number of amides is 4. The lowest BCUT2D eigenvalue weighted by molar-refractivity contribution is -0.123. The highest BCUT2D eigenvalue weighted by Gasteiger charge is 2.15. The van der Waals surface area contributed by atoms with Gasteiger partial charge >= 0.3 is 0 Å². The molecule has 0 aliphatic heterocycles. The standard InChI is InChI=1S/C36H66N8O6S2/c37-15-7-1-3-13-33(45)41-17-10-6-12-30(40)36(48)44-20-22-50-32-24-28(26-52)27(25-51)23-31(32)49-21-19-42-34(46)14-4-2-9-18-43-35(47)29(39)11-5-8-16-38/h23-24,29-30,51-52H,1-22,25-26,37-40H2,(H,41,45)(H,42,46)(H,43,47)(H,44,48)/t29-,30-/m0/s1. The van der Waals surface area contributed by atoms with Crippen LogP contribution in [0.5, 0.6) is 11.5 Å². The largest absolute Gasteiger partial charge is 0.488 e. The van der Waals surface area contributed by atoms with Crippen LogP contribution in [0.25, 0.3) is 0 Å². The van der Waals surface area contributed by atoms with Gasteiger partial charge in [-0.1, -0.05) is 19.3 Å². The van der Waals surface area contributed by atoms with Gasteiger partial charge < -0.3 is 53.7 Å². The summed E-state index contributed by atoms with van der Waals surface area (Å²) in [4.78, 5) is 48.7. The minimum Gasteiger partial charge on any atom is -0.488 e. The van der Waals surface area contributed by atoms with E-state index in [2.05, 4.69) is 46.5 Å². The highest BCUT2D eigenvalue weighted by Crippen LogP contribution is 2.32. The first-order valence-electron chi connectivity index (χ1n) is 18.8. The zero-order chi connectivity index (χ0) is 38.4. The summed E-state index contributed by atoms with van der Waals surface area (Å²) >= 11 is 8.86. The maximum absolute atomic E-state index is 12.5. The Morgan fingerprint density at radius 3 is 1.48 bits per heavy atom. The smallest absolute Gasteiger partial charge is 0.237 e. The fourth-order valence-corrected chi connectivity index (χ4v) is 5.77. The molecule has 12 N–H and O–H groups in total. The molecule has 0 saturated heterocycles. The SMILES string of the molecule is NCCCCCC(=O)NCCCC[C@H](N)C(=O)NCCOc1cc(CS)c(CS)cc1OCCNC(=O)CCCCCNC(=O)[C@@H](N)CCCCN. The normalized spacial score (nSPS) is 12.1. The molecule has 0 aliphatic carbocycles. The average molecular weight is 771 g/mol. The molecule has 16 heteroatoms. The van der Waals surface area contributed by atoms with Crippen molar-refractivity contribution in [3.8, 4) is 11.5 Å². The van der Waals surface area contributed by atoms with E-state index < -0.39 is 12.1 Å². The van der Waals surface area contributed by atoms with Gasteiger partial charge in [-0.25, -0.2) is 0 Å². The van der Waals surface area contributed by atoms with Crippen molar-refractivity contribution < 1.29 is 28.7 Å². The summed E-state index contributed by atoms with van der Waals surface area (Å²) in [5.41, 5.74) is 24.8. The van der Waals surface area contributed by atoms with Gasteiger partial charge in [0.1, 0.15) is 13.2 Å². The van der Waals surface area contributed by atoms with Gasteiger partial charge in [-0.3, -0.25) is 19.2 Å². The van der Waals surface area contributed by atoms with Gasteiger partial charge in [-0.05, 0) is 94.1 Å². The first kappa shape index (κ1) is 47.3. The van der Waals surface area contributed by atoms with E-state index in [9.17, 15) is 19.2 Å². The number of rotatable bonds is 32. The molecule has 0 fully saturated rings. The first-order valence-corrected chi connectivity index (χ1v) is 20.1. The van der Waals surface area contributed by atoms with Crippen LogP contribution in [0.1, 0.15) is 101 Å². The fourth-order valence-electron chi connectivity index (χ4n) is 5.18. The Hall–Kier alpha value is -2.76. The van der Waals surface area contributed by atoms with Crippen molar-refractivity contribution in [2.45, 2.75) is 113 Å². The molecule has 52 heavy (non-hydrogen) atoms. The van der Waals surface area contributed by atoms with Gasteiger partial charge in [0, 0.05) is 37.4 Å². The number of carbonyl (C=O) groups is 4. The van der Waals surface area contributed by atoms with E-state index in [4.69, 9.17) is 32.4 Å². The van der Waals surface area contributed by atoms with Crippen LogP contribution >= 0.6 is 25.3 Å². The van der Waals surface area contributed by atoms with Crippen molar-refractivity contribution in [2.75, 3.05) is 52.5 Å². The lowest BCUT2D eigenvalue weighted by Gasteiger charge is -2.17. The Labute approximate surface area is 321 Å². The summed E-state index contributed by atoms with van der Waals surface area (Å²) in [6, 6.07) is 2.55. The summed E-state index contributed by atoms with van der Waals surface area (Å²) in [5.74, 6) is 1.55. The van der Waals surface area contributed by atoms with E-state index in [0.29, 0.717) is 87.8 Å². The highest BCUT2D eigenvalue weighted by atomic mass is 32.1. The number of carbonyl (C=O) groups excluding carboxylic acids is 4. The second kappa shape index (κ2) is 30.7. The minimum absolute atomic E-state index is 0.0381. The predicted octanol–water partition coefficient (Wildman–Crippen LogP) is 1.80. The Bertz CT molecular complexity index is 1170. The molecule has 298 valence electrons. The number of unbranched alkanes of at least 4 members (excludes halogenated alkanes) is 6. The second-order valence-electron chi connectivity index (χ2n) is 12.8. The molecule has 0 saturated carbocycles. The van der Waals surface area contributed by atoms with Crippen LogP contribution in [-0.2, 0) is 30.7 Å². The monoisotopic (exact) mass is 770 g/mol. The topological polar surface area (TPSA) is 239 Å². The van der Waals surface area contributed by atoms with Crippen LogP contribution in [0.4, 0.5) is 0 Å². The number of thiol groups is 2. The number of nitrogens with two attached hydrogens (primary N) is 4. The molecule has 0 radical (unpaired) electrons. The molecule has 0 aromatic heterocycles. The van der Waals surface area contributed by atoms with Crippen LogP contribution in [0.15, 0.2) is 12.1 Å². The minimum atomic E-state index is -0.652. The van der Waals surface area contributed by atoms with E-state index in [1.54, 1.807) is 0 Å². The van der Waals surface area contributed by atoms with E-state index >= 15 is 0 Å². The van der Waals surface area contributed by atoms with Crippen molar-refractivity contribution in [2.24, 2.45) is 22.9 Å². The summed E-state index contributed by atoms with van der Waals surface area (Å²) in [5, 5.41) is 11.4. The number of nitrogens with one attached hydrogen (secondary N) is 4. The van der Waals surface area contributed by atoms with Crippen LogP contribution in [0.2, 0.25) is 0 Å². The Balaban J connectivity index is 2.35. The van der Waals surface area contributed by atoms with E-state index in [-0.39, 0.29) is 43.4 Å². The number of benzene rings is 1. The molecule has 0 heterocycles. The van der Waals surface area contributed by atoms with Crippen molar-refractivity contribution in [1.82, 2.24) is 21.3 Å². The maximum atomic E-state index is 12.5. The van der Waals surface area contributed by atoms with Crippen molar-refractivity contribution in [3.63, 3.8) is 0 Å². The van der Waals surface area contributed by atoms with Gasteiger partial charge in [0.15, 0.2) is 11.5 Å². The summed E-state index contributed by atoms with van der Waals surface area (Å²) in [6.07, 6.45) is 10.2. The van der Waals surface area contributed by atoms with Crippen LogP contribution in [0, 0.1) is 0 Å². The molecule has 1 aromatic rings. The quantitative estimate of drug-likeness (QED) is 0.0377. The van der Waals surface area contributed by atoms with Gasteiger partial charge in [-0.15, -0.1) is 0 Å². The van der Waals surface area contributed by atoms with E-state index in [1.165, 1.54) is 0 Å². The fraction of sp³-hybridized carbons (Fsp3) is 0.722. The van der Waals surface area contributed by atoms with Crippen LogP contribution < -0.4 is 53.7 Å². The molecule has 0 aliphatic rings.